The molecule has 18 heavy (non-hydrogen) atoms. The van der Waals surface area contributed by atoms with Crippen LogP contribution in [0.5, 0.6) is 0 Å². The molecule has 0 aromatic heterocycles. The van der Waals surface area contributed by atoms with Gasteiger partial charge in [-0.25, -0.2) is 0 Å². The third-order valence-corrected chi connectivity index (χ3v) is 3.94. The Hall–Kier alpha value is -1.30. The lowest BCUT2D eigenvalue weighted by Crippen LogP contribution is -2.09. The Kier molecular flexibility index (Phi) is 4.06. The molecule has 0 heteroatoms. The van der Waals surface area contributed by atoms with Crippen LogP contribution in [0.2, 0.25) is 0 Å². The highest BCUT2D eigenvalue weighted by Gasteiger charge is 2.23. The fourth-order valence-corrected chi connectivity index (χ4v) is 2.87. The monoisotopic (exact) mass is 240 g/mol. The number of allylic oxidation sites excluding steroid dienone is 4. The van der Waals surface area contributed by atoms with Gasteiger partial charge in [-0.1, -0.05) is 73.9 Å². The topological polar surface area (TPSA) is 0 Å². The van der Waals surface area contributed by atoms with Gasteiger partial charge in [0.1, 0.15) is 0 Å². The Balaban J connectivity index is 2.10. The average Bonchev–Trinajstić information content (AvgIpc) is 2.75. The molecule has 1 aromatic carbocycles. The van der Waals surface area contributed by atoms with Gasteiger partial charge >= 0.3 is 0 Å². The second-order valence-corrected chi connectivity index (χ2v) is 5.69. The summed E-state index contributed by atoms with van der Waals surface area (Å²) in [6, 6.07) is 8.94. The van der Waals surface area contributed by atoms with Crippen LogP contribution in [-0.4, -0.2) is 0 Å². The lowest BCUT2D eigenvalue weighted by atomic mass is 9.84. The van der Waals surface area contributed by atoms with Gasteiger partial charge in [0.15, 0.2) is 0 Å². The van der Waals surface area contributed by atoms with Crippen LogP contribution >= 0.6 is 0 Å². The van der Waals surface area contributed by atoms with Crippen LogP contribution in [0, 0.1) is 18.8 Å². The van der Waals surface area contributed by atoms with Gasteiger partial charge in [0.05, 0.1) is 0 Å². The van der Waals surface area contributed by atoms with Crippen molar-refractivity contribution in [1.82, 2.24) is 0 Å². The molecular weight excluding hydrogens is 216 g/mol. The summed E-state index contributed by atoms with van der Waals surface area (Å²) in [5, 5.41) is 0. The third-order valence-electron chi connectivity index (χ3n) is 3.94. The average molecular weight is 240 g/mol. The highest BCUT2D eigenvalue weighted by Crippen LogP contribution is 2.35. The Morgan fingerprint density at radius 1 is 1.06 bits per heavy atom. The smallest absolute Gasteiger partial charge is 0.00164 e. The number of aryl methyl sites for hydroxylation is 1. The van der Waals surface area contributed by atoms with Gasteiger partial charge in [0.2, 0.25) is 0 Å². The molecule has 0 amide bonds. The molecular formula is C18H24. The van der Waals surface area contributed by atoms with Gasteiger partial charge in [-0.3, -0.25) is 0 Å². The van der Waals surface area contributed by atoms with E-state index in [1.807, 2.05) is 0 Å². The Morgan fingerprint density at radius 3 is 2.28 bits per heavy atom. The van der Waals surface area contributed by atoms with Crippen molar-refractivity contribution < 1.29 is 0 Å². The quantitative estimate of drug-likeness (QED) is 0.688. The fraction of sp³-hybridized carbons (Fsp3) is 0.444. The summed E-state index contributed by atoms with van der Waals surface area (Å²) in [5.41, 5.74) is 5.97. The SMILES string of the molecule is CCC1C(Cc2ccc(C)cc2)=CC=C1C(C)C. The largest absolute Gasteiger partial charge is 0.0645 e. The van der Waals surface area contributed by atoms with E-state index in [1.165, 1.54) is 17.5 Å². The first-order chi connectivity index (χ1) is 8.61. The molecule has 0 nitrogen and oxygen atoms in total. The molecule has 1 atom stereocenters. The summed E-state index contributed by atoms with van der Waals surface area (Å²) >= 11 is 0. The predicted octanol–water partition coefficient (Wildman–Crippen LogP) is 5.09. The second kappa shape index (κ2) is 5.56. The van der Waals surface area contributed by atoms with Crippen molar-refractivity contribution in [2.45, 2.75) is 40.5 Å². The van der Waals surface area contributed by atoms with Gasteiger partial charge < -0.3 is 0 Å². The van der Waals surface area contributed by atoms with Gasteiger partial charge in [-0.15, -0.1) is 0 Å². The zero-order chi connectivity index (χ0) is 13.1. The third kappa shape index (κ3) is 2.75. The van der Waals surface area contributed by atoms with E-state index in [2.05, 4.69) is 64.1 Å². The van der Waals surface area contributed by atoms with Crippen molar-refractivity contribution in [3.8, 4) is 0 Å². The Morgan fingerprint density at radius 2 is 1.72 bits per heavy atom. The molecule has 0 bridgehead atoms. The fourth-order valence-electron chi connectivity index (χ4n) is 2.87. The number of benzene rings is 1. The molecule has 1 aliphatic carbocycles. The molecule has 0 radical (unpaired) electrons. The lowest BCUT2D eigenvalue weighted by molar-refractivity contribution is 0.591. The van der Waals surface area contributed by atoms with Crippen LogP contribution in [0.15, 0.2) is 47.6 Å². The number of rotatable bonds is 4. The first kappa shape index (κ1) is 13.1. The van der Waals surface area contributed by atoms with E-state index in [4.69, 9.17) is 0 Å². The van der Waals surface area contributed by atoms with Crippen molar-refractivity contribution in [2.24, 2.45) is 11.8 Å². The molecule has 0 saturated carbocycles. The zero-order valence-corrected chi connectivity index (χ0v) is 12.0. The highest BCUT2D eigenvalue weighted by molar-refractivity contribution is 5.39. The summed E-state index contributed by atoms with van der Waals surface area (Å²) in [7, 11) is 0. The van der Waals surface area contributed by atoms with E-state index in [1.54, 1.807) is 11.1 Å². The first-order valence-electron chi connectivity index (χ1n) is 7.08. The van der Waals surface area contributed by atoms with Crippen LogP contribution in [0.3, 0.4) is 0 Å². The standard InChI is InChI=1S/C18H24/c1-5-17-16(10-11-18(17)13(2)3)12-15-8-6-14(4)7-9-15/h6-11,13,17H,5,12H2,1-4H3. The Labute approximate surface area is 111 Å². The lowest BCUT2D eigenvalue weighted by Gasteiger charge is -2.20. The van der Waals surface area contributed by atoms with Crippen LogP contribution in [-0.2, 0) is 6.42 Å². The maximum Gasteiger partial charge on any atom is 0.00164 e. The second-order valence-electron chi connectivity index (χ2n) is 5.69. The molecule has 0 spiro atoms. The molecule has 1 aromatic rings. The Bertz CT molecular complexity index is 457. The maximum atomic E-state index is 2.35. The summed E-state index contributed by atoms with van der Waals surface area (Å²) in [5.74, 6) is 1.34. The molecule has 0 N–H and O–H groups in total. The van der Waals surface area contributed by atoms with Crippen molar-refractivity contribution in [1.29, 1.82) is 0 Å². The van der Waals surface area contributed by atoms with Gasteiger partial charge in [-0.05, 0) is 31.2 Å². The van der Waals surface area contributed by atoms with Gasteiger partial charge in [0.25, 0.3) is 0 Å². The van der Waals surface area contributed by atoms with Crippen LogP contribution in [0.25, 0.3) is 0 Å². The summed E-state index contributed by atoms with van der Waals surface area (Å²) < 4.78 is 0. The van der Waals surface area contributed by atoms with Crippen molar-refractivity contribution in [3.63, 3.8) is 0 Å². The maximum absolute atomic E-state index is 2.35. The summed E-state index contributed by atoms with van der Waals surface area (Å²) in [6.45, 7) is 9.05. The van der Waals surface area contributed by atoms with Gasteiger partial charge in [-0.2, -0.15) is 0 Å². The number of hydrogen-bond donors (Lipinski definition) is 0. The van der Waals surface area contributed by atoms with Crippen molar-refractivity contribution >= 4 is 0 Å². The normalized spacial score (nSPS) is 19.1. The predicted molar refractivity (Wildman–Crippen MR) is 79.7 cm³/mol. The minimum Gasteiger partial charge on any atom is -0.0645 e. The van der Waals surface area contributed by atoms with Crippen molar-refractivity contribution in [3.05, 3.63) is 58.7 Å². The van der Waals surface area contributed by atoms with Crippen LogP contribution in [0.4, 0.5) is 0 Å². The highest BCUT2D eigenvalue weighted by atomic mass is 14.3. The zero-order valence-electron chi connectivity index (χ0n) is 12.0. The van der Waals surface area contributed by atoms with E-state index in [0.29, 0.717) is 11.8 Å². The van der Waals surface area contributed by atoms with E-state index >= 15 is 0 Å². The molecule has 0 fully saturated rings. The summed E-state index contributed by atoms with van der Waals surface area (Å²) in [6.07, 6.45) is 7.03. The molecule has 0 aliphatic heterocycles. The minimum absolute atomic E-state index is 0.668. The van der Waals surface area contributed by atoms with E-state index < -0.39 is 0 Å². The first-order valence-corrected chi connectivity index (χ1v) is 7.08. The van der Waals surface area contributed by atoms with Crippen LogP contribution < -0.4 is 0 Å². The molecule has 1 aliphatic rings. The number of hydrogen-bond acceptors (Lipinski definition) is 0. The molecule has 2 rings (SSSR count). The minimum atomic E-state index is 0.668. The van der Waals surface area contributed by atoms with E-state index in [0.717, 1.165) is 6.42 Å². The molecule has 0 heterocycles. The van der Waals surface area contributed by atoms with E-state index in [-0.39, 0.29) is 0 Å². The van der Waals surface area contributed by atoms with Crippen molar-refractivity contribution in [2.75, 3.05) is 0 Å². The molecule has 96 valence electrons. The summed E-state index contributed by atoms with van der Waals surface area (Å²) in [4.78, 5) is 0. The van der Waals surface area contributed by atoms with Crippen LogP contribution in [0.1, 0.15) is 38.3 Å². The molecule has 0 saturated heterocycles. The molecule has 1 unspecified atom stereocenters. The van der Waals surface area contributed by atoms with E-state index in [9.17, 15) is 0 Å². The van der Waals surface area contributed by atoms with Gasteiger partial charge in [0, 0.05) is 5.92 Å².